The first-order chi connectivity index (χ1) is 15.1. The lowest BCUT2D eigenvalue weighted by Gasteiger charge is -2.13. The van der Waals surface area contributed by atoms with Crippen LogP contribution in [-0.4, -0.2) is 26.4 Å². The van der Waals surface area contributed by atoms with Gasteiger partial charge in [0.25, 0.3) is 15.9 Å². The summed E-state index contributed by atoms with van der Waals surface area (Å²) in [6.07, 6.45) is 0. The highest BCUT2D eigenvalue weighted by Crippen LogP contribution is 2.28. The zero-order valence-electron chi connectivity index (χ0n) is 17.0. The Balaban J connectivity index is 1.91. The largest absolute Gasteiger partial charge is 0.495 e. The first kappa shape index (κ1) is 22.7. The molecule has 0 fully saturated rings. The maximum atomic E-state index is 13.5. The van der Waals surface area contributed by atoms with Crippen molar-refractivity contribution in [3.8, 4) is 5.75 Å². The van der Waals surface area contributed by atoms with Gasteiger partial charge in [0.2, 0.25) is 5.82 Å². The van der Waals surface area contributed by atoms with E-state index in [-0.39, 0.29) is 21.9 Å². The number of hydrogen-bond acceptors (Lipinski definition) is 6. The van der Waals surface area contributed by atoms with Crippen LogP contribution in [0, 0.1) is 22.9 Å². The standard InChI is InChI=1S/C21H18FN3O6S/c1-13-3-6-15(7-4-13)24-32(29,30)20-11-14(5-10-19(20)31-2)21(26)23-16-8-9-17(22)18(12-16)25(27)28/h3-12,24H,1-2H3,(H,23,26). The molecule has 0 heterocycles. The molecule has 1 amide bonds. The Kier molecular flexibility index (Phi) is 6.40. The zero-order valence-corrected chi connectivity index (χ0v) is 17.8. The minimum Gasteiger partial charge on any atom is -0.495 e. The van der Waals surface area contributed by atoms with E-state index in [4.69, 9.17) is 4.74 Å². The van der Waals surface area contributed by atoms with Crippen LogP contribution in [0.15, 0.2) is 65.6 Å². The Morgan fingerprint density at radius 3 is 2.31 bits per heavy atom. The predicted molar refractivity (Wildman–Crippen MR) is 116 cm³/mol. The summed E-state index contributed by atoms with van der Waals surface area (Å²) in [6, 6.07) is 13.3. The van der Waals surface area contributed by atoms with Gasteiger partial charge in [0, 0.05) is 23.0 Å². The van der Waals surface area contributed by atoms with Gasteiger partial charge in [-0.25, -0.2) is 8.42 Å². The van der Waals surface area contributed by atoms with Gasteiger partial charge in [-0.2, -0.15) is 4.39 Å². The minimum absolute atomic E-state index is 0.0126. The van der Waals surface area contributed by atoms with E-state index < -0.39 is 32.4 Å². The number of benzene rings is 3. The lowest BCUT2D eigenvalue weighted by atomic mass is 10.2. The number of nitrogens with zero attached hydrogens (tertiary/aromatic N) is 1. The molecule has 3 rings (SSSR count). The average Bonchev–Trinajstić information content (AvgIpc) is 2.75. The molecule has 2 N–H and O–H groups in total. The molecule has 0 aliphatic heterocycles. The normalized spacial score (nSPS) is 11.0. The van der Waals surface area contributed by atoms with Gasteiger partial charge in [0.1, 0.15) is 10.6 Å². The number of rotatable bonds is 7. The fourth-order valence-corrected chi connectivity index (χ4v) is 4.05. The van der Waals surface area contributed by atoms with Crippen LogP contribution < -0.4 is 14.8 Å². The predicted octanol–water partition coefficient (Wildman–Crippen LogP) is 4.10. The van der Waals surface area contributed by atoms with Crippen molar-refractivity contribution >= 4 is 33.0 Å². The number of carbonyl (C=O) groups excluding carboxylic acids is 1. The molecule has 0 aliphatic rings. The molecule has 0 atom stereocenters. The summed E-state index contributed by atoms with van der Waals surface area (Å²) in [5, 5.41) is 13.3. The molecule has 0 saturated heterocycles. The number of amides is 1. The Labute approximate surface area is 183 Å². The smallest absolute Gasteiger partial charge is 0.306 e. The van der Waals surface area contributed by atoms with Crippen LogP contribution in [0.3, 0.4) is 0 Å². The van der Waals surface area contributed by atoms with Gasteiger partial charge >= 0.3 is 5.69 Å². The van der Waals surface area contributed by atoms with Crippen molar-refractivity contribution in [1.82, 2.24) is 0 Å². The number of nitro groups is 1. The topological polar surface area (TPSA) is 128 Å². The highest BCUT2D eigenvalue weighted by Gasteiger charge is 2.23. The van der Waals surface area contributed by atoms with Gasteiger partial charge < -0.3 is 10.1 Å². The van der Waals surface area contributed by atoms with E-state index in [0.717, 1.165) is 29.8 Å². The fourth-order valence-electron chi connectivity index (χ4n) is 2.79. The number of hydrogen-bond donors (Lipinski definition) is 2. The molecule has 0 unspecified atom stereocenters. The third kappa shape index (κ3) is 5.01. The van der Waals surface area contributed by atoms with Crippen LogP contribution in [0.25, 0.3) is 0 Å². The summed E-state index contributed by atoms with van der Waals surface area (Å²) in [5.74, 6) is -1.79. The van der Waals surface area contributed by atoms with E-state index in [2.05, 4.69) is 10.0 Å². The summed E-state index contributed by atoms with van der Waals surface area (Å²) in [4.78, 5) is 22.3. The number of ether oxygens (including phenoxy) is 1. The SMILES string of the molecule is COc1ccc(C(=O)Nc2ccc(F)c([N+](=O)[O-])c2)cc1S(=O)(=O)Nc1ccc(C)cc1. The maximum Gasteiger partial charge on any atom is 0.306 e. The third-order valence-corrected chi connectivity index (χ3v) is 5.82. The number of nitro benzene ring substituents is 1. The summed E-state index contributed by atoms with van der Waals surface area (Å²) in [7, 11) is -2.83. The van der Waals surface area contributed by atoms with Crippen molar-refractivity contribution in [3.63, 3.8) is 0 Å². The van der Waals surface area contributed by atoms with Gasteiger partial charge in [-0.15, -0.1) is 0 Å². The van der Waals surface area contributed by atoms with Crippen LogP contribution >= 0.6 is 0 Å². The number of methoxy groups -OCH3 is 1. The second kappa shape index (κ2) is 9.02. The quantitative estimate of drug-likeness (QED) is 0.404. The second-order valence-corrected chi connectivity index (χ2v) is 8.37. The lowest BCUT2D eigenvalue weighted by molar-refractivity contribution is -0.387. The van der Waals surface area contributed by atoms with Crippen molar-refractivity contribution < 1.29 is 27.3 Å². The molecular weight excluding hydrogens is 441 g/mol. The van der Waals surface area contributed by atoms with E-state index in [1.807, 2.05) is 6.92 Å². The molecule has 11 heteroatoms. The zero-order chi connectivity index (χ0) is 23.5. The lowest BCUT2D eigenvalue weighted by Crippen LogP contribution is -2.17. The van der Waals surface area contributed by atoms with Crippen molar-refractivity contribution in [1.29, 1.82) is 0 Å². The number of sulfonamides is 1. The maximum absolute atomic E-state index is 13.5. The van der Waals surface area contributed by atoms with E-state index in [1.165, 1.54) is 19.2 Å². The van der Waals surface area contributed by atoms with Crippen LogP contribution in [0.2, 0.25) is 0 Å². The van der Waals surface area contributed by atoms with Gasteiger partial charge in [-0.1, -0.05) is 17.7 Å². The summed E-state index contributed by atoms with van der Waals surface area (Å²) < 4.78 is 46.9. The molecule has 0 saturated carbocycles. The van der Waals surface area contributed by atoms with Crippen LogP contribution in [-0.2, 0) is 10.0 Å². The Morgan fingerprint density at radius 1 is 1.03 bits per heavy atom. The van der Waals surface area contributed by atoms with Gasteiger partial charge in [-0.05, 0) is 49.4 Å². The van der Waals surface area contributed by atoms with Crippen LogP contribution in [0.5, 0.6) is 5.75 Å². The van der Waals surface area contributed by atoms with Crippen LogP contribution in [0.4, 0.5) is 21.5 Å². The molecule has 32 heavy (non-hydrogen) atoms. The minimum atomic E-state index is -4.12. The van der Waals surface area contributed by atoms with Crippen molar-refractivity contribution in [3.05, 3.63) is 87.7 Å². The monoisotopic (exact) mass is 459 g/mol. The molecule has 9 nitrogen and oxygen atoms in total. The Hall–Kier alpha value is -3.99. The number of anilines is 2. The molecule has 3 aromatic rings. The van der Waals surface area contributed by atoms with Crippen LogP contribution in [0.1, 0.15) is 15.9 Å². The highest BCUT2D eigenvalue weighted by molar-refractivity contribution is 7.92. The number of carbonyl (C=O) groups is 1. The summed E-state index contributed by atoms with van der Waals surface area (Å²) >= 11 is 0. The number of halogens is 1. The highest BCUT2D eigenvalue weighted by atomic mass is 32.2. The second-order valence-electron chi connectivity index (χ2n) is 6.71. The molecular formula is C21H18FN3O6S. The molecule has 3 aromatic carbocycles. The first-order valence-electron chi connectivity index (χ1n) is 9.13. The Bertz CT molecular complexity index is 1290. The van der Waals surface area contributed by atoms with Gasteiger partial charge in [0.15, 0.2) is 0 Å². The molecule has 166 valence electrons. The molecule has 0 radical (unpaired) electrons. The van der Waals surface area contributed by atoms with E-state index >= 15 is 0 Å². The fraction of sp³-hybridized carbons (Fsp3) is 0.0952. The van der Waals surface area contributed by atoms with Gasteiger partial charge in [0.05, 0.1) is 12.0 Å². The number of aryl methyl sites for hydroxylation is 1. The van der Waals surface area contributed by atoms with Gasteiger partial charge in [-0.3, -0.25) is 19.6 Å². The first-order valence-corrected chi connectivity index (χ1v) is 10.6. The summed E-state index contributed by atoms with van der Waals surface area (Å²) in [5.41, 5.74) is 0.391. The molecule has 0 aromatic heterocycles. The van der Waals surface area contributed by atoms with Crippen molar-refractivity contribution in [2.45, 2.75) is 11.8 Å². The molecule has 0 spiro atoms. The molecule has 0 bridgehead atoms. The van der Waals surface area contributed by atoms with E-state index in [9.17, 15) is 27.7 Å². The van der Waals surface area contributed by atoms with Crippen molar-refractivity contribution in [2.75, 3.05) is 17.1 Å². The number of nitrogens with one attached hydrogen (secondary N) is 2. The molecule has 0 aliphatic carbocycles. The van der Waals surface area contributed by atoms with E-state index in [0.29, 0.717) is 5.69 Å². The third-order valence-electron chi connectivity index (χ3n) is 4.42. The average molecular weight is 459 g/mol. The van der Waals surface area contributed by atoms with Crippen molar-refractivity contribution in [2.24, 2.45) is 0 Å². The Morgan fingerprint density at radius 2 is 1.69 bits per heavy atom. The van der Waals surface area contributed by atoms with E-state index in [1.54, 1.807) is 24.3 Å². The summed E-state index contributed by atoms with van der Waals surface area (Å²) in [6.45, 7) is 1.86.